The number of carbonyl (C=O) groups is 1. The zero-order chi connectivity index (χ0) is 19.2. The Morgan fingerprint density at radius 2 is 2.04 bits per heavy atom. The van der Waals surface area contributed by atoms with Gasteiger partial charge in [0, 0.05) is 11.8 Å². The molecule has 2 heterocycles. The number of hydrogen-bond donors (Lipinski definition) is 1. The molecule has 1 fully saturated rings. The van der Waals surface area contributed by atoms with Gasteiger partial charge in [0.05, 0.1) is 23.9 Å². The highest BCUT2D eigenvalue weighted by Gasteiger charge is 2.41. The van der Waals surface area contributed by atoms with E-state index < -0.39 is 23.8 Å². The molecule has 27 heavy (non-hydrogen) atoms. The van der Waals surface area contributed by atoms with E-state index in [1.54, 1.807) is 13.0 Å². The average Bonchev–Trinajstić information content (AvgIpc) is 3.34. The van der Waals surface area contributed by atoms with Gasteiger partial charge in [0.25, 0.3) is 0 Å². The minimum atomic E-state index is -4.55. The minimum Gasteiger partial charge on any atom is -0.462 e. The third-order valence-corrected chi connectivity index (χ3v) is 4.84. The predicted molar refractivity (Wildman–Crippen MR) is 91.8 cm³/mol. The SMILES string of the molecule is CC1=C(C(=O)OCC2CC2)C(c2ccccc2C(F)(F)F)n2nccc2N1. The lowest BCUT2D eigenvalue weighted by Crippen LogP contribution is -2.31. The molecule has 5 nitrogen and oxygen atoms in total. The first kappa shape index (κ1) is 17.6. The molecule has 0 saturated heterocycles. The van der Waals surface area contributed by atoms with Crippen LogP contribution in [0.2, 0.25) is 0 Å². The van der Waals surface area contributed by atoms with Crippen molar-refractivity contribution in [3.8, 4) is 0 Å². The first-order valence-electron chi connectivity index (χ1n) is 8.71. The molecule has 0 amide bonds. The Balaban J connectivity index is 1.81. The maximum atomic E-state index is 13.6. The number of anilines is 1. The summed E-state index contributed by atoms with van der Waals surface area (Å²) in [6, 6.07) is 5.89. The molecule has 142 valence electrons. The Hall–Kier alpha value is -2.77. The van der Waals surface area contributed by atoms with Crippen molar-refractivity contribution in [2.75, 3.05) is 11.9 Å². The average molecular weight is 377 g/mol. The number of hydrogen-bond acceptors (Lipinski definition) is 4. The van der Waals surface area contributed by atoms with E-state index in [-0.39, 0.29) is 17.7 Å². The number of alkyl halides is 3. The van der Waals surface area contributed by atoms with Crippen LogP contribution in [-0.2, 0) is 15.7 Å². The van der Waals surface area contributed by atoms with Gasteiger partial charge in [-0.2, -0.15) is 18.3 Å². The topological polar surface area (TPSA) is 56.2 Å². The molecule has 2 aliphatic rings. The Morgan fingerprint density at radius 3 is 2.74 bits per heavy atom. The highest BCUT2D eigenvalue weighted by Crippen LogP contribution is 2.42. The number of aromatic nitrogens is 2. The van der Waals surface area contributed by atoms with E-state index in [2.05, 4.69) is 10.4 Å². The Bertz CT molecular complexity index is 913. The highest BCUT2D eigenvalue weighted by atomic mass is 19.4. The maximum absolute atomic E-state index is 13.6. The number of ether oxygens (including phenoxy) is 1. The van der Waals surface area contributed by atoms with Gasteiger partial charge in [0.15, 0.2) is 0 Å². The van der Waals surface area contributed by atoms with Gasteiger partial charge in [-0.25, -0.2) is 9.48 Å². The van der Waals surface area contributed by atoms with Crippen LogP contribution in [0.4, 0.5) is 19.0 Å². The molecule has 1 atom stereocenters. The van der Waals surface area contributed by atoms with Crippen molar-refractivity contribution in [3.05, 3.63) is 58.9 Å². The Kier molecular flexibility index (Phi) is 4.20. The maximum Gasteiger partial charge on any atom is 0.416 e. The van der Waals surface area contributed by atoms with Crippen LogP contribution in [0.15, 0.2) is 47.8 Å². The monoisotopic (exact) mass is 377 g/mol. The molecule has 1 aromatic heterocycles. The number of nitrogens with one attached hydrogen (secondary N) is 1. The van der Waals surface area contributed by atoms with Crippen molar-refractivity contribution >= 4 is 11.8 Å². The van der Waals surface area contributed by atoms with E-state index in [0.717, 1.165) is 18.9 Å². The summed E-state index contributed by atoms with van der Waals surface area (Å²) in [5, 5.41) is 7.19. The van der Waals surface area contributed by atoms with E-state index in [9.17, 15) is 18.0 Å². The van der Waals surface area contributed by atoms with Gasteiger partial charge < -0.3 is 10.1 Å². The molecular weight excluding hydrogens is 359 g/mol. The number of nitrogens with zero attached hydrogens (tertiary/aromatic N) is 2. The van der Waals surface area contributed by atoms with Gasteiger partial charge in [-0.1, -0.05) is 18.2 Å². The van der Waals surface area contributed by atoms with Crippen LogP contribution in [0, 0.1) is 5.92 Å². The van der Waals surface area contributed by atoms with E-state index in [1.165, 1.54) is 29.1 Å². The molecule has 0 radical (unpaired) electrons. The van der Waals surface area contributed by atoms with E-state index in [1.807, 2.05) is 0 Å². The van der Waals surface area contributed by atoms with Crippen molar-refractivity contribution in [2.24, 2.45) is 5.92 Å². The number of carbonyl (C=O) groups excluding carboxylic acids is 1. The number of fused-ring (bicyclic) bond motifs is 1. The van der Waals surface area contributed by atoms with Crippen molar-refractivity contribution in [3.63, 3.8) is 0 Å². The summed E-state index contributed by atoms with van der Waals surface area (Å²) in [6.45, 7) is 1.95. The second-order valence-corrected chi connectivity index (χ2v) is 6.85. The lowest BCUT2D eigenvalue weighted by molar-refractivity contribution is -0.141. The van der Waals surface area contributed by atoms with Crippen LogP contribution < -0.4 is 5.32 Å². The molecule has 2 aromatic rings. The molecule has 1 unspecified atom stereocenters. The fourth-order valence-electron chi connectivity index (χ4n) is 3.31. The molecular formula is C19H18F3N3O2. The summed E-state index contributed by atoms with van der Waals surface area (Å²) in [6.07, 6.45) is -1.05. The lowest BCUT2D eigenvalue weighted by atomic mass is 9.91. The van der Waals surface area contributed by atoms with Gasteiger partial charge in [0.2, 0.25) is 0 Å². The molecule has 8 heteroatoms. The van der Waals surface area contributed by atoms with E-state index in [0.29, 0.717) is 17.4 Å². The van der Waals surface area contributed by atoms with Gasteiger partial charge in [0.1, 0.15) is 11.9 Å². The Morgan fingerprint density at radius 1 is 1.30 bits per heavy atom. The quantitative estimate of drug-likeness (QED) is 0.814. The van der Waals surface area contributed by atoms with Gasteiger partial charge in [-0.15, -0.1) is 0 Å². The zero-order valence-corrected chi connectivity index (χ0v) is 14.6. The van der Waals surface area contributed by atoms with Crippen LogP contribution >= 0.6 is 0 Å². The molecule has 0 bridgehead atoms. The smallest absolute Gasteiger partial charge is 0.416 e. The third kappa shape index (κ3) is 3.31. The van der Waals surface area contributed by atoms with Crippen LogP contribution in [0.5, 0.6) is 0 Å². The molecule has 0 spiro atoms. The lowest BCUT2D eigenvalue weighted by Gasteiger charge is -2.30. The minimum absolute atomic E-state index is 0.0332. The second-order valence-electron chi connectivity index (χ2n) is 6.85. The van der Waals surface area contributed by atoms with Crippen molar-refractivity contribution in [1.82, 2.24) is 9.78 Å². The molecule has 1 N–H and O–H groups in total. The molecule has 1 aromatic carbocycles. The number of halogens is 3. The van der Waals surface area contributed by atoms with Crippen molar-refractivity contribution < 1.29 is 22.7 Å². The summed E-state index contributed by atoms with van der Waals surface area (Å²) in [5.74, 6) is 0.260. The summed E-state index contributed by atoms with van der Waals surface area (Å²) in [7, 11) is 0. The van der Waals surface area contributed by atoms with Gasteiger partial charge >= 0.3 is 12.1 Å². The number of rotatable bonds is 4. The molecule has 1 saturated carbocycles. The van der Waals surface area contributed by atoms with Gasteiger partial charge in [-0.05, 0) is 37.3 Å². The third-order valence-electron chi connectivity index (χ3n) is 4.84. The summed E-state index contributed by atoms with van der Waals surface area (Å²) in [4.78, 5) is 12.8. The van der Waals surface area contributed by atoms with Crippen molar-refractivity contribution in [1.29, 1.82) is 0 Å². The number of benzene rings is 1. The summed E-state index contributed by atoms with van der Waals surface area (Å²) < 4.78 is 47.6. The number of allylic oxidation sites excluding steroid dienone is 1. The van der Waals surface area contributed by atoms with Crippen LogP contribution in [0.1, 0.15) is 36.9 Å². The fraction of sp³-hybridized carbons (Fsp3) is 0.368. The summed E-state index contributed by atoms with van der Waals surface area (Å²) >= 11 is 0. The van der Waals surface area contributed by atoms with E-state index in [4.69, 9.17) is 4.74 Å². The first-order valence-corrected chi connectivity index (χ1v) is 8.71. The number of esters is 1. The van der Waals surface area contributed by atoms with Crippen LogP contribution in [0.25, 0.3) is 0 Å². The fourth-order valence-corrected chi connectivity index (χ4v) is 3.31. The standard InChI is InChI=1S/C19H18F3N3O2/c1-11-16(18(26)27-10-12-6-7-12)17(25-15(24-11)8-9-23-25)13-4-2-3-5-14(13)19(20,21)22/h2-5,8-9,12,17,24H,6-7,10H2,1H3. The van der Waals surface area contributed by atoms with E-state index >= 15 is 0 Å². The summed E-state index contributed by atoms with van der Waals surface area (Å²) in [5.41, 5.74) is -0.220. The predicted octanol–water partition coefficient (Wildman–Crippen LogP) is 4.14. The molecule has 1 aliphatic carbocycles. The van der Waals surface area contributed by atoms with Crippen LogP contribution in [-0.4, -0.2) is 22.4 Å². The highest BCUT2D eigenvalue weighted by molar-refractivity contribution is 5.92. The molecule has 1 aliphatic heterocycles. The van der Waals surface area contributed by atoms with Crippen molar-refractivity contribution in [2.45, 2.75) is 32.0 Å². The Labute approximate surface area is 153 Å². The normalized spacial score (nSPS) is 19.5. The van der Waals surface area contributed by atoms with Crippen LogP contribution in [0.3, 0.4) is 0 Å². The molecule has 4 rings (SSSR count). The zero-order valence-electron chi connectivity index (χ0n) is 14.6. The second kappa shape index (κ2) is 6.44. The largest absolute Gasteiger partial charge is 0.462 e. The van der Waals surface area contributed by atoms with Gasteiger partial charge in [-0.3, -0.25) is 0 Å². The first-order chi connectivity index (χ1) is 12.9.